The molecule has 0 spiro atoms. The first-order valence-corrected chi connectivity index (χ1v) is 6.21. The lowest BCUT2D eigenvalue weighted by Crippen LogP contribution is -2.24. The molecule has 0 bridgehead atoms. The lowest BCUT2D eigenvalue weighted by Gasteiger charge is -2.27. The minimum atomic E-state index is -0.688. The molecule has 0 amide bonds. The van der Waals surface area contributed by atoms with E-state index in [9.17, 15) is 10.4 Å². The summed E-state index contributed by atoms with van der Waals surface area (Å²) in [5.74, 6) is 0.575. The number of pyridine rings is 1. The highest BCUT2D eigenvalue weighted by Gasteiger charge is 2.45. The molecule has 3 heteroatoms. The fourth-order valence-corrected chi connectivity index (χ4v) is 2.81. The fraction of sp³-hybridized carbons (Fsp3) is 0.571. The molecule has 1 saturated carbocycles. The van der Waals surface area contributed by atoms with E-state index in [1.807, 2.05) is 0 Å². The second kappa shape index (κ2) is 4.85. The standard InChI is InChI=1S/C14H18N2O/c1-2-11-3-6-14(9-11,10-15)13(17)12-4-7-16-8-5-12/h4-5,7-8,11,13,17H,2-3,6,9H2,1H3. The molecular formula is C14H18N2O. The Morgan fingerprint density at radius 1 is 1.59 bits per heavy atom. The van der Waals surface area contributed by atoms with E-state index in [1.165, 1.54) is 0 Å². The molecule has 3 unspecified atom stereocenters. The molecule has 3 nitrogen and oxygen atoms in total. The van der Waals surface area contributed by atoms with Crippen LogP contribution < -0.4 is 0 Å². The van der Waals surface area contributed by atoms with Gasteiger partial charge >= 0.3 is 0 Å². The minimum Gasteiger partial charge on any atom is -0.387 e. The van der Waals surface area contributed by atoms with Crippen LogP contribution in [0.25, 0.3) is 0 Å². The van der Waals surface area contributed by atoms with Crippen LogP contribution in [0.3, 0.4) is 0 Å². The maximum Gasteiger partial charge on any atom is 0.0977 e. The van der Waals surface area contributed by atoms with Gasteiger partial charge in [-0.05, 0) is 42.9 Å². The number of hydrogen-bond donors (Lipinski definition) is 1. The normalized spacial score (nSPS) is 29.8. The summed E-state index contributed by atoms with van der Waals surface area (Å²) in [5, 5.41) is 19.9. The van der Waals surface area contributed by atoms with Gasteiger partial charge in [-0.1, -0.05) is 13.3 Å². The molecule has 1 N–H and O–H groups in total. The Balaban J connectivity index is 2.23. The Morgan fingerprint density at radius 2 is 2.29 bits per heavy atom. The highest BCUT2D eigenvalue weighted by atomic mass is 16.3. The summed E-state index contributed by atoms with van der Waals surface area (Å²) >= 11 is 0. The average Bonchev–Trinajstić information content (AvgIpc) is 2.84. The maximum absolute atomic E-state index is 10.4. The van der Waals surface area contributed by atoms with Gasteiger partial charge in [-0.15, -0.1) is 0 Å². The van der Waals surface area contributed by atoms with Crippen LogP contribution in [0.2, 0.25) is 0 Å². The van der Waals surface area contributed by atoms with Gasteiger partial charge in [0, 0.05) is 12.4 Å². The Bertz CT molecular complexity index is 412. The molecule has 90 valence electrons. The van der Waals surface area contributed by atoms with Gasteiger partial charge in [-0.3, -0.25) is 4.98 Å². The highest BCUT2D eigenvalue weighted by Crippen LogP contribution is 2.50. The lowest BCUT2D eigenvalue weighted by molar-refractivity contribution is 0.0640. The second-order valence-electron chi connectivity index (χ2n) is 4.97. The van der Waals surface area contributed by atoms with E-state index in [-0.39, 0.29) is 0 Å². The van der Waals surface area contributed by atoms with E-state index in [4.69, 9.17) is 0 Å². The van der Waals surface area contributed by atoms with Crippen molar-refractivity contribution in [1.82, 2.24) is 4.98 Å². The third-order valence-electron chi connectivity index (χ3n) is 4.00. The monoisotopic (exact) mass is 230 g/mol. The van der Waals surface area contributed by atoms with Crippen LogP contribution in [-0.4, -0.2) is 10.1 Å². The van der Waals surface area contributed by atoms with Crippen LogP contribution in [0.4, 0.5) is 0 Å². The van der Waals surface area contributed by atoms with E-state index in [0.717, 1.165) is 31.2 Å². The fourth-order valence-electron chi connectivity index (χ4n) is 2.81. The van der Waals surface area contributed by atoms with Crippen molar-refractivity contribution in [2.45, 2.75) is 38.7 Å². The van der Waals surface area contributed by atoms with Gasteiger partial charge < -0.3 is 5.11 Å². The molecule has 1 aliphatic carbocycles. The van der Waals surface area contributed by atoms with Crippen molar-refractivity contribution in [2.75, 3.05) is 0 Å². The van der Waals surface area contributed by atoms with Crippen LogP contribution >= 0.6 is 0 Å². The van der Waals surface area contributed by atoms with Crippen molar-refractivity contribution in [1.29, 1.82) is 5.26 Å². The zero-order valence-corrected chi connectivity index (χ0v) is 10.1. The van der Waals surface area contributed by atoms with Crippen LogP contribution in [0.1, 0.15) is 44.3 Å². The average molecular weight is 230 g/mol. The SMILES string of the molecule is CCC1CCC(C#N)(C(O)c2ccncc2)C1. The van der Waals surface area contributed by atoms with Crippen LogP contribution in [0.5, 0.6) is 0 Å². The third kappa shape index (κ3) is 2.18. The van der Waals surface area contributed by atoms with Crippen molar-refractivity contribution < 1.29 is 5.11 Å². The van der Waals surface area contributed by atoms with Gasteiger partial charge in [0.15, 0.2) is 0 Å². The van der Waals surface area contributed by atoms with Gasteiger partial charge in [0.25, 0.3) is 0 Å². The van der Waals surface area contributed by atoms with Gasteiger partial charge in [0.1, 0.15) is 0 Å². The summed E-state index contributed by atoms with van der Waals surface area (Å²) in [4.78, 5) is 3.94. The Kier molecular flexibility index (Phi) is 3.44. The molecule has 17 heavy (non-hydrogen) atoms. The number of nitrogens with zero attached hydrogens (tertiary/aromatic N) is 2. The van der Waals surface area contributed by atoms with Gasteiger partial charge in [0.2, 0.25) is 0 Å². The molecule has 0 aliphatic heterocycles. The summed E-state index contributed by atoms with van der Waals surface area (Å²) in [6.07, 6.45) is 6.38. The predicted octanol–water partition coefficient (Wildman–Crippen LogP) is 2.84. The van der Waals surface area contributed by atoms with Crippen LogP contribution in [-0.2, 0) is 0 Å². The number of aliphatic hydroxyl groups is 1. The van der Waals surface area contributed by atoms with Crippen molar-refractivity contribution in [3.05, 3.63) is 30.1 Å². The van der Waals surface area contributed by atoms with Gasteiger partial charge in [-0.25, -0.2) is 0 Å². The zero-order chi connectivity index (χ0) is 12.3. The molecular weight excluding hydrogens is 212 g/mol. The summed E-state index contributed by atoms with van der Waals surface area (Å²) < 4.78 is 0. The Labute approximate surface area is 102 Å². The molecule has 1 aromatic heterocycles. The molecule has 0 aromatic carbocycles. The number of rotatable bonds is 3. The first-order chi connectivity index (χ1) is 8.22. The zero-order valence-electron chi connectivity index (χ0n) is 10.1. The van der Waals surface area contributed by atoms with Gasteiger partial charge in [0.05, 0.1) is 17.6 Å². The van der Waals surface area contributed by atoms with Crippen molar-refractivity contribution >= 4 is 0 Å². The lowest BCUT2D eigenvalue weighted by atomic mass is 9.78. The number of aliphatic hydroxyl groups excluding tert-OH is 1. The maximum atomic E-state index is 10.4. The first kappa shape index (κ1) is 12.1. The summed E-state index contributed by atoms with van der Waals surface area (Å²) in [5.41, 5.74) is 0.209. The van der Waals surface area contributed by atoms with E-state index < -0.39 is 11.5 Å². The molecule has 3 atom stereocenters. The Morgan fingerprint density at radius 3 is 2.82 bits per heavy atom. The molecule has 1 aromatic rings. The topological polar surface area (TPSA) is 56.9 Å². The quantitative estimate of drug-likeness (QED) is 0.868. The molecule has 1 heterocycles. The number of nitriles is 1. The van der Waals surface area contributed by atoms with Crippen molar-refractivity contribution in [3.63, 3.8) is 0 Å². The largest absolute Gasteiger partial charge is 0.387 e. The van der Waals surface area contributed by atoms with E-state index in [2.05, 4.69) is 18.0 Å². The Hall–Kier alpha value is -1.40. The van der Waals surface area contributed by atoms with Crippen LogP contribution in [0, 0.1) is 22.7 Å². The molecule has 0 radical (unpaired) electrons. The smallest absolute Gasteiger partial charge is 0.0977 e. The molecule has 1 fully saturated rings. The minimum absolute atomic E-state index is 0.575. The van der Waals surface area contributed by atoms with Gasteiger partial charge in [-0.2, -0.15) is 5.26 Å². The molecule has 0 saturated heterocycles. The highest BCUT2D eigenvalue weighted by molar-refractivity contribution is 5.21. The molecule has 2 rings (SSSR count). The number of aromatic nitrogens is 1. The van der Waals surface area contributed by atoms with Crippen molar-refractivity contribution in [2.24, 2.45) is 11.3 Å². The van der Waals surface area contributed by atoms with E-state index >= 15 is 0 Å². The summed E-state index contributed by atoms with van der Waals surface area (Å²) in [6, 6.07) is 5.96. The first-order valence-electron chi connectivity index (χ1n) is 6.21. The summed E-state index contributed by atoms with van der Waals surface area (Å²) in [7, 11) is 0. The van der Waals surface area contributed by atoms with E-state index in [1.54, 1.807) is 24.5 Å². The second-order valence-corrected chi connectivity index (χ2v) is 4.97. The summed E-state index contributed by atoms with van der Waals surface area (Å²) in [6.45, 7) is 2.15. The van der Waals surface area contributed by atoms with Crippen LogP contribution in [0.15, 0.2) is 24.5 Å². The number of hydrogen-bond acceptors (Lipinski definition) is 3. The third-order valence-corrected chi connectivity index (χ3v) is 4.00. The predicted molar refractivity (Wildman–Crippen MR) is 64.9 cm³/mol. The van der Waals surface area contributed by atoms with Crippen molar-refractivity contribution in [3.8, 4) is 6.07 Å². The molecule has 1 aliphatic rings. The van der Waals surface area contributed by atoms with E-state index in [0.29, 0.717) is 5.92 Å².